The van der Waals surface area contributed by atoms with E-state index >= 15 is 0 Å². The molecule has 0 radical (unpaired) electrons. The van der Waals surface area contributed by atoms with E-state index in [0.29, 0.717) is 5.38 Å². The summed E-state index contributed by atoms with van der Waals surface area (Å²) in [5.41, 5.74) is 0. The lowest BCUT2D eigenvalue weighted by atomic mass is 10.0. The van der Waals surface area contributed by atoms with Crippen LogP contribution in [0.5, 0.6) is 0 Å². The van der Waals surface area contributed by atoms with E-state index in [9.17, 15) is 0 Å². The minimum absolute atomic E-state index is 0.424. The SMILES string of the molecule is C=CC=CCCCCCCCC(Cl)CCCCCC. The van der Waals surface area contributed by atoms with Gasteiger partial charge in [-0.25, -0.2) is 0 Å². The first kappa shape index (κ1) is 18.8. The minimum Gasteiger partial charge on any atom is -0.123 e. The molecule has 0 saturated heterocycles. The van der Waals surface area contributed by atoms with Gasteiger partial charge in [0.25, 0.3) is 0 Å². The zero-order chi connectivity index (χ0) is 14.2. The lowest BCUT2D eigenvalue weighted by Crippen LogP contribution is -1.98. The summed E-state index contributed by atoms with van der Waals surface area (Å²) in [6.07, 6.45) is 21.8. The smallest absolute Gasteiger partial charge is 0.0336 e. The van der Waals surface area contributed by atoms with E-state index < -0.39 is 0 Å². The first-order valence-electron chi connectivity index (χ1n) is 8.22. The van der Waals surface area contributed by atoms with Crippen LogP contribution in [0.25, 0.3) is 0 Å². The van der Waals surface area contributed by atoms with Gasteiger partial charge in [-0.3, -0.25) is 0 Å². The minimum atomic E-state index is 0.424. The van der Waals surface area contributed by atoms with Crippen molar-refractivity contribution in [2.75, 3.05) is 0 Å². The van der Waals surface area contributed by atoms with Gasteiger partial charge in [0.15, 0.2) is 0 Å². The van der Waals surface area contributed by atoms with E-state index in [1.807, 2.05) is 12.2 Å². The van der Waals surface area contributed by atoms with Gasteiger partial charge >= 0.3 is 0 Å². The molecule has 0 aliphatic heterocycles. The van der Waals surface area contributed by atoms with Gasteiger partial charge in [0, 0.05) is 5.38 Å². The van der Waals surface area contributed by atoms with Crippen LogP contribution < -0.4 is 0 Å². The van der Waals surface area contributed by atoms with Crippen molar-refractivity contribution in [1.82, 2.24) is 0 Å². The van der Waals surface area contributed by atoms with Crippen LogP contribution >= 0.6 is 11.6 Å². The van der Waals surface area contributed by atoms with Crippen LogP contribution in [0.15, 0.2) is 24.8 Å². The van der Waals surface area contributed by atoms with Crippen LogP contribution in [0.2, 0.25) is 0 Å². The highest BCUT2D eigenvalue weighted by Crippen LogP contribution is 2.17. The number of unbranched alkanes of at least 4 members (excludes halogenated alkanes) is 8. The van der Waals surface area contributed by atoms with Crippen LogP contribution in [0.1, 0.15) is 84.0 Å². The molecule has 0 aliphatic rings. The molecule has 0 aromatic rings. The highest BCUT2D eigenvalue weighted by molar-refractivity contribution is 6.20. The maximum absolute atomic E-state index is 6.34. The summed E-state index contributed by atoms with van der Waals surface area (Å²) >= 11 is 6.34. The van der Waals surface area contributed by atoms with E-state index in [1.165, 1.54) is 77.0 Å². The van der Waals surface area contributed by atoms with Crippen molar-refractivity contribution >= 4 is 11.6 Å². The Morgan fingerprint density at radius 1 is 0.895 bits per heavy atom. The van der Waals surface area contributed by atoms with Gasteiger partial charge in [0.1, 0.15) is 0 Å². The fourth-order valence-corrected chi connectivity index (χ4v) is 2.60. The van der Waals surface area contributed by atoms with Crippen LogP contribution in [-0.2, 0) is 0 Å². The van der Waals surface area contributed by atoms with Crippen LogP contribution in [0.4, 0.5) is 0 Å². The summed E-state index contributed by atoms with van der Waals surface area (Å²) in [4.78, 5) is 0. The lowest BCUT2D eigenvalue weighted by molar-refractivity contribution is 0.549. The standard InChI is InChI=1S/C18H33Cl/c1-3-5-7-9-10-11-12-13-15-17-18(19)16-14-8-6-4-2/h3,5,7,18H,1,4,6,8-17H2,2H3. The zero-order valence-corrected chi connectivity index (χ0v) is 13.6. The predicted molar refractivity (Wildman–Crippen MR) is 90.1 cm³/mol. The maximum Gasteiger partial charge on any atom is 0.0336 e. The Balaban J connectivity index is 3.15. The second kappa shape index (κ2) is 15.8. The van der Waals surface area contributed by atoms with Crippen molar-refractivity contribution in [1.29, 1.82) is 0 Å². The van der Waals surface area contributed by atoms with Gasteiger partial charge in [0.2, 0.25) is 0 Å². The largest absolute Gasteiger partial charge is 0.123 e. The normalized spacial score (nSPS) is 12.9. The van der Waals surface area contributed by atoms with Gasteiger partial charge in [-0.1, -0.05) is 83.1 Å². The van der Waals surface area contributed by atoms with Gasteiger partial charge in [-0.05, 0) is 25.7 Å². The third-order valence-electron chi connectivity index (χ3n) is 3.53. The van der Waals surface area contributed by atoms with E-state index in [-0.39, 0.29) is 0 Å². The summed E-state index contributed by atoms with van der Waals surface area (Å²) in [6, 6.07) is 0. The molecule has 0 N–H and O–H groups in total. The molecule has 1 heteroatoms. The van der Waals surface area contributed by atoms with E-state index in [0.717, 1.165) is 0 Å². The molecular formula is C18H33Cl. The molecule has 0 fully saturated rings. The Morgan fingerprint density at radius 2 is 1.47 bits per heavy atom. The van der Waals surface area contributed by atoms with Gasteiger partial charge in [0.05, 0.1) is 0 Å². The Bertz CT molecular complexity index is 208. The third kappa shape index (κ3) is 15.7. The van der Waals surface area contributed by atoms with Crippen molar-refractivity contribution < 1.29 is 0 Å². The van der Waals surface area contributed by atoms with Crippen molar-refractivity contribution in [2.45, 2.75) is 89.4 Å². The first-order valence-corrected chi connectivity index (χ1v) is 8.66. The summed E-state index contributed by atoms with van der Waals surface area (Å²) in [5, 5.41) is 0.424. The Morgan fingerprint density at radius 3 is 2.11 bits per heavy atom. The topological polar surface area (TPSA) is 0 Å². The molecule has 0 rings (SSSR count). The summed E-state index contributed by atoms with van der Waals surface area (Å²) in [7, 11) is 0. The number of alkyl halides is 1. The molecule has 0 nitrogen and oxygen atoms in total. The molecule has 1 atom stereocenters. The van der Waals surface area contributed by atoms with Crippen LogP contribution in [0, 0.1) is 0 Å². The molecule has 0 bridgehead atoms. The van der Waals surface area contributed by atoms with Gasteiger partial charge < -0.3 is 0 Å². The van der Waals surface area contributed by atoms with Crippen LogP contribution in [-0.4, -0.2) is 5.38 Å². The highest BCUT2D eigenvalue weighted by atomic mass is 35.5. The molecule has 0 spiro atoms. The quantitative estimate of drug-likeness (QED) is 0.182. The Labute approximate surface area is 126 Å². The summed E-state index contributed by atoms with van der Waals surface area (Å²) in [6.45, 7) is 5.92. The van der Waals surface area contributed by atoms with E-state index in [4.69, 9.17) is 11.6 Å². The average Bonchev–Trinajstić information content (AvgIpc) is 2.42. The van der Waals surface area contributed by atoms with Crippen molar-refractivity contribution in [3.8, 4) is 0 Å². The van der Waals surface area contributed by atoms with Crippen molar-refractivity contribution in [2.24, 2.45) is 0 Å². The molecule has 0 heterocycles. The third-order valence-corrected chi connectivity index (χ3v) is 3.97. The number of allylic oxidation sites excluding steroid dienone is 3. The number of rotatable bonds is 14. The van der Waals surface area contributed by atoms with Crippen molar-refractivity contribution in [3.05, 3.63) is 24.8 Å². The van der Waals surface area contributed by atoms with Gasteiger partial charge in [-0.2, -0.15) is 0 Å². The fraction of sp³-hybridized carbons (Fsp3) is 0.778. The second-order valence-electron chi connectivity index (χ2n) is 5.46. The molecule has 0 aromatic heterocycles. The van der Waals surface area contributed by atoms with Crippen molar-refractivity contribution in [3.63, 3.8) is 0 Å². The maximum atomic E-state index is 6.34. The molecule has 0 aromatic carbocycles. The number of hydrogen-bond acceptors (Lipinski definition) is 0. The monoisotopic (exact) mass is 284 g/mol. The fourth-order valence-electron chi connectivity index (χ4n) is 2.29. The lowest BCUT2D eigenvalue weighted by Gasteiger charge is -2.08. The molecule has 112 valence electrons. The van der Waals surface area contributed by atoms with Crippen LogP contribution in [0.3, 0.4) is 0 Å². The molecule has 1 unspecified atom stereocenters. The Kier molecular flexibility index (Phi) is 15.6. The first-order chi connectivity index (χ1) is 9.31. The predicted octanol–water partition coefficient (Wildman–Crippen LogP) is 7.04. The zero-order valence-electron chi connectivity index (χ0n) is 12.9. The molecule has 0 aliphatic carbocycles. The molecule has 19 heavy (non-hydrogen) atoms. The van der Waals surface area contributed by atoms with E-state index in [2.05, 4.69) is 19.6 Å². The Hall–Kier alpha value is -0.230. The van der Waals surface area contributed by atoms with Gasteiger partial charge in [-0.15, -0.1) is 11.6 Å². The summed E-state index contributed by atoms with van der Waals surface area (Å²) < 4.78 is 0. The highest BCUT2D eigenvalue weighted by Gasteiger charge is 2.03. The number of halogens is 1. The number of hydrogen-bond donors (Lipinski definition) is 0. The molecular weight excluding hydrogens is 252 g/mol. The average molecular weight is 285 g/mol. The second-order valence-corrected chi connectivity index (χ2v) is 6.07. The molecule has 0 amide bonds. The molecule has 0 saturated carbocycles. The summed E-state index contributed by atoms with van der Waals surface area (Å²) in [5.74, 6) is 0. The van der Waals surface area contributed by atoms with E-state index in [1.54, 1.807) is 0 Å².